The average Bonchev–Trinajstić information content (AvgIpc) is 2.64. The molecular formula is C16H27N3. The Balaban J connectivity index is 2.03. The van der Waals surface area contributed by atoms with Crippen molar-refractivity contribution >= 4 is 5.82 Å². The lowest BCUT2D eigenvalue weighted by atomic mass is 10.1. The average molecular weight is 261 g/mol. The van der Waals surface area contributed by atoms with Crippen molar-refractivity contribution in [3.63, 3.8) is 0 Å². The second kappa shape index (κ2) is 7.49. The molecule has 3 heteroatoms. The highest BCUT2D eigenvalue weighted by atomic mass is 15.2. The van der Waals surface area contributed by atoms with Gasteiger partial charge in [0.1, 0.15) is 5.82 Å². The van der Waals surface area contributed by atoms with Gasteiger partial charge in [-0.15, -0.1) is 0 Å². The molecule has 0 aliphatic carbocycles. The summed E-state index contributed by atoms with van der Waals surface area (Å²) >= 11 is 0. The molecule has 106 valence electrons. The van der Waals surface area contributed by atoms with Gasteiger partial charge in [0.05, 0.1) is 5.69 Å². The molecule has 0 aromatic carbocycles. The molecule has 1 unspecified atom stereocenters. The van der Waals surface area contributed by atoms with Crippen LogP contribution in [-0.4, -0.2) is 29.0 Å². The zero-order valence-corrected chi connectivity index (χ0v) is 12.4. The van der Waals surface area contributed by atoms with Crippen LogP contribution in [0, 0.1) is 0 Å². The van der Waals surface area contributed by atoms with Gasteiger partial charge in [0.25, 0.3) is 0 Å². The Hall–Kier alpha value is -1.09. The van der Waals surface area contributed by atoms with E-state index in [1.807, 2.05) is 6.07 Å². The minimum Gasteiger partial charge on any atom is -0.370 e. The van der Waals surface area contributed by atoms with Crippen LogP contribution >= 0.6 is 0 Å². The van der Waals surface area contributed by atoms with Crippen LogP contribution in [0.4, 0.5) is 5.82 Å². The maximum atomic E-state index is 4.70. The number of aromatic nitrogens is 1. The molecule has 0 spiro atoms. The summed E-state index contributed by atoms with van der Waals surface area (Å²) < 4.78 is 0. The predicted molar refractivity (Wildman–Crippen MR) is 81.4 cm³/mol. The maximum Gasteiger partial charge on any atom is 0.126 e. The third kappa shape index (κ3) is 4.20. The summed E-state index contributed by atoms with van der Waals surface area (Å²) in [4.78, 5) is 7.33. The zero-order chi connectivity index (χ0) is 13.5. The van der Waals surface area contributed by atoms with Gasteiger partial charge in [0.2, 0.25) is 0 Å². The fraction of sp³-hybridized carbons (Fsp3) is 0.688. The second-order valence-corrected chi connectivity index (χ2v) is 5.43. The molecule has 1 aliphatic heterocycles. The molecule has 3 nitrogen and oxygen atoms in total. The highest BCUT2D eigenvalue weighted by Gasteiger charge is 2.19. The van der Waals surface area contributed by atoms with Crippen LogP contribution in [0.5, 0.6) is 0 Å². The lowest BCUT2D eigenvalue weighted by molar-refractivity contribution is 0.184. The SMILES string of the molecule is CCNc1cccc(CN2CCCCCC2CC)n1. The minimum atomic E-state index is 0.743. The van der Waals surface area contributed by atoms with Crippen molar-refractivity contribution in [2.75, 3.05) is 18.4 Å². The first-order valence-corrected chi connectivity index (χ1v) is 7.77. The van der Waals surface area contributed by atoms with Crippen LogP contribution in [0.1, 0.15) is 51.6 Å². The molecule has 0 amide bonds. The van der Waals surface area contributed by atoms with E-state index in [2.05, 4.69) is 36.2 Å². The highest BCUT2D eigenvalue weighted by Crippen LogP contribution is 2.21. The van der Waals surface area contributed by atoms with Gasteiger partial charge in [0, 0.05) is 19.1 Å². The zero-order valence-electron chi connectivity index (χ0n) is 12.4. The van der Waals surface area contributed by atoms with Gasteiger partial charge in [-0.25, -0.2) is 4.98 Å². The van der Waals surface area contributed by atoms with Crippen LogP contribution in [0.2, 0.25) is 0 Å². The molecule has 0 bridgehead atoms. The van der Waals surface area contributed by atoms with Crippen molar-refractivity contribution in [3.8, 4) is 0 Å². The first-order chi connectivity index (χ1) is 9.33. The summed E-state index contributed by atoms with van der Waals surface area (Å²) in [5, 5.41) is 3.29. The van der Waals surface area contributed by atoms with Gasteiger partial charge < -0.3 is 5.32 Å². The van der Waals surface area contributed by atoms with Crippen molar-refractivity contribution < 1.29 is 0 Å². The molecular weight excluding hydrogens is 234 g/mol. The molecule has 1 fully saturated rings. The smallest absolute Gasteiger partial charge is 0.126 e. The van der Waals surface area contributed by atoms with Crippen molar-refractivity contribution in [3.05, 3.63) is 23.9 Å². The molecule has 1 atom stereocenters. The van der Waals surface area contributed by atoms with E-state index in [-0.39, 0.29) is 0 Å². The number of likely N-dealkylation sites (tertiary alicyclic amines) is 1. The van der Waals surface area contributed by atoms with E-state index < -0.39 is 0 Å². The topological polar surface area (TPSA) is 28.2 Å². The number of nitrogens with one attached hydrogen (secondary N) is 1. The van der Waals surface area contributed by atoms with Crippen molar-refractivity contribution in [2.24, 2.45) is 0 Å². The van der Waals surface area contributed by atoms with Gasteiger partial charge in [-0.1, -0.05) is 25.8 Å². The first kappa shape index (κ1) is 14.3. The standard InChI is InChI=1S/C16H27N3/c1-3-15-10-6-5-7-12-19(15)13-14-9-8-11-16(18-14)17-4-2/h8-9,11,15H,3-7,10,12-13H2,1-2H3,(H,17,18). The molecule has 1 saturated heterocycles. The maximum absolute atomic E-state index is 4.70. The van der Waals surface area contributed by atoms with Crippen LogP contribution < -0.4 is 5.32 Å². The van der Waals surface area contributed by atoms with E-state index in [1.54, 1.807) is 0 Å². The summed E-state index contributed by atoms with van der Waals surface area (Å²) in [5.41, 5.74) is 1.19. The van der Waals surface area contributed by atoms with Crippen LogP contribution in [0.15, 0.2) is 18.2 Å². The van der Waals surface area contributed by atoms with Crippen molar-refractivity contribution in [1.29, 1.82) is 0 Å². The lowest BCUT2D eigenvalue weighted by Gasteiger charge is -2.28. The fourth-order valence-electron chi connectivity index (χ4n) is 2.96. The third-order valence-electron chi connectivity index (χ3n) is 4.00. The lowest BCUT2D eigenvalue weighted by Crippen LogP contribution is -2.34. The summed E-state index contributed by atoms with van der Waals surface area (Å²) in [5.74, 6) is 1.00. The Morgan fingerprint density at radius 2 is 2.16 bits per heavy atom. The molecule has 2 rings (SSSR count). The molecule has 0 radical (unpaired) electrons. The van der Waals surface area contributed by atoms with E-state index in [4.69, 9.17) is 4.98 Å². The van der Waals surface area contributed by atoms with Crippen LogP contribution in [-0.2, 0) is 6.54 Å². The Morgan fingerprint density at radius 1 is 1.26 bits per heavy atom. The Bertz CT molecular complexity index is 378. The number of hydrogen-bond acceptors (Lipinski definition) is 3. The van der Waals surface area contributed by atoms with Gasteiger partial charge in [0.15, 0.2) is 0 Å². The predicted octanol–water partition coefficient (Wildman–Crippen LogP) is 3.67. The van der Waals surface area contributed by atoms with Crippen molar-refractivity contribution in [2.45, 2.75) is 58.5 Å². The fourth-order valence-corrected chi connectivity index (χ4v) is 2.96. The highest BCUT2D eigenvalue weighted by molar-refractivity contribution is 5.34. The van der Waals surface area contributed by atoms with E-state index in [1.165, 1.54) is 44.3 Å². The van der Waals surface area contributed by atoms with Crippen LogP contribution in [0.3, 0.4) is 0 Å². The molecule has 1 aromatic rings. The van der Waals surface area contributed by atoms with E-state index >= 15 is 0 Å². The normalized spacial score (nSPS) is 21.1. The van der Waals surface area contributed by atoms with Gasteiger partial charge in [-0.2, -0.15) is 0 Å². The van der Waals surface area contributed by atoms with E-state index in [9.17, 15) is 0 Å². The third-order valence-corrected chi connectivity index (χ3v) is 4.00. The number of hydrogen-bond donors (Lipinski definition) is 1. The van der Waals surface area contributed by atoms with Crippen LogP contribution in [0.25, 0.3) is 0 Å². The minimum absolute atomic E-state index is 0.743. The molecule has 19 heavy (non-hydrogen) atoms. The van der Waals surface area contributed by atoms with Gasteiger partial charge >= 0.3 is 0 Å². The molecule has 1 aromatic heterocycles. The molecule has 2 heterocycles. The molecule has 1 N–H and O–H groups in total. The second-order valence-electron chi connectivity index (χ2n) is 5.43. The van der Waals surface area contributed by atoms with E-state index in [0.717, 1.165) is 24.9 Å². The quantitative estimate of drug-likeness (QED) is 0.876. The number of rotatable bonds is 5. The van der Waals surface area contributed by atoms with Gasteiger partial charge in [-0.3, -0.25) is 4.90 Å². The summed E-state index contributed by atoms with van der Waals surface area (Å²) in [6, 6.07) is 7.05. The molecule has 1 aliphatic rings. The molecule has 0 saturated carbocycles. The largest absolute Gasteiger partial charge is 0.370 e. The number of anilines is 1. The number of pyridine rings is 1. The Labute approximate surface area is 117 Å². The Kier molecular flexibility index (Phi) is 5.64. The first-order valence-electron chi connectivity index (χ1n) is 7.77. The summed E-state index contributed by atoms with van der Waals surface area (Å²) in [6.07, 6.45) is 6.72. The summed E-state index contributed by atoms with van der Waals surface area (Å²) in [7, 11) is 0. The summed E-state index contributed by atoms with van der Waals surface area (Å²) in [6.45, 7) is 7.57. The van der Waals surface area contributed by atoms with Crippen molar-refractivity contribution in [1.82, 2.24) is 9.88 Å². The van der Waals surface area contributed by atoms with E-state index in [0.29, 0.717) is 0 Å². The monoisotopic (exact) mass is 261 g/mol. The Morgan fingerprint density at radius 3 is 2.95 bits per heavy atom. The number of nitrogens with zero attached hydrogens (tertiary/aromatic N) is 2. The van der Waals surface area contributed by atoms with Gasteiger partial charge in [-0.05, 0) is 44.9 Å².